The third-order valence-corrected chi connectivity index (χ3v) is 2.91. The van der Waals surface area contributed by atoms with Crippen LogP contribution in [0.1, 0.15) is 38.5 Å². The Morgan fingerprint density at radius 1 is 1.33 bits per heavy atom. The predicted molar refractivity (Wildman–Crippen MR) is 54.6 cm³/mol. The summed E-state index contributed by atoms with van der Waals surface area (Å²) in [6, 6.07) is 0. The molecule has 0 saturated carbocycles. The first-order chi connectivity index (χ1) is 5.83. The summed E-state index contributed by atoms with van der Waals surface area (Å²) in [5.74, 6) is 0.405. The first-order valence-electron chi connectivity index (χ1n) is 4.58. The molecule has 0 aromatic heterocycles. The molecule has 0 fully saturated rings. The van der Waals surface area contributed by atoms with E-state index in [0.717, 1.165) is 24.6 Å². The van der Waals surface area contributed by atoms with Gasteiger partial charge in [-0.15, -0.1) is 0 Å². The fraction of sp³-hybridized carbons (Fsp3) is 0.700. The van der Waals surface area contributed by atoms with Gasteiger partial charge in [-0.2, -0.15) is 0 Å². The Hall–Kier alpha value is -0.110. The number of hydrogen-bond donors (Lipinski definition) is 0. The predicted octanol–water partition coefficient (Wildman–Crippen LogP) is 3.23. The highest BCUT2D eigenvalue weighted by Gasteiger charge is 2.06. The summed E-state index contributed by atoms with van der Waals surface area (Å²) in [5.41, 5.74) is 1.27. The van der Waals surface area contributed by atoms with Crippen LogP contribution in [0.15, 0.2) is 11.6 Å². The van der Waals surface area contributed by atoms with Gasteiger partial charge < -0.3 is 0 Å². The summed E-state index contributed by atoms with van der Waals surface area (Å²) in [5, 5.41) is 0.860. The maximum Gasteiger partial charge on any atom is 0.136 e. The summed E-state index contributed by atoms with van der Waals surface area (Å²) >= 11 is 3.40. The first-order valence-corrected chi connectivity index (χ1v) is 5.70. The molecule has 0 aliphatic heterocycles. The molecule has 0 heterocycles. The summed E-state index contributed by atoms with van der Waals surface area (Å²) < 4.78 is 0. The lowest BCUT2D eigenvalue weighted by Gasteiger charge is -2.00. The van der Waals surface area contributed by atoms with E-state index in [-0.39, 0.29) is 0 Å². The van der Waals surface area contributed by atoms with Crippen LogP contribution in [0.2, 0.25) is 0 Å². The Morgan fingerprint density at radius 2 is 2.17 bits per heavy atom. The van der Waals surface area contributed by atoms with E-state index >= 15 is 0 Å². The van der Waals surface area contributed by atoms with Gasteiger partial charge in [0.2, 0.25) is 0 Å². The van der Waals surface area contributed by atoms with Crippen molar-refractivity contribution in [2.75, 3.05) is 5.33 Å². The fourth-order valence-electron chi connectivity index (χ4n) is 1.47. The molecule has 0 radical (unpaired) electrons. The molecule has 0 saturated heterocycles. The van der Waals surface area contributed by atoms with E-state index in [0.29, 0.717) is 12.2 Å². The maximum atomic E-state index is 11.3. The van der Waals surface area contributed by atoms with Crippen molar-refractivity contribution in [2.45, 2.75) is 38.5 Å². The van der Waals surface area contributed by atoms with Crippen LogP contribution in [-0.4, -0.2) is 11.1 Å². The van der Waals surface area contributed by atoms with Crippen LogP contribution in [0.4, 0.5) is 0 Å². The first kappa shape index (κ1) is 9.97. The van der Waals surface area contributed by atoms with E-state index in [1.807, 2.05) is 0 Å². The van der Waals surface area contributed by atoms with Gasteiger partial charge in [0.1, 0.15) is 5.78 Å². The van der Waals surface area contributed by atoms with Crippen molar-refractivity contribution in [1.29, 1.82) is 0 Å². The average molecular weight is 231 g/mol. The topological polar surface area (TPSA) is 17.1 Å². The molecular formula is C10H15BrO. The molecular weight excluding hydrogens is 216 g/mol. The van der Waals surface area contributed by atoms with Gasteiger partial charge in [-0.1, -0.05) is 34.0 Å². The molecule has 0 aromatic rings. The van der Waals surface area contributed by atoms with E-state index < -0.39 is 0 Å². The SMILES string of the molecule is O=C1CCCCC/C=C(/CBr)C1. The van der Waals surface area contributed by atoms with Crippen molar-refractivity contribution < 1.29 is 4.79 Å². The largest absolute Gasteiger partial charge is 0.299 e. The second-order valence-electron chi connectivity index (χ2n) is 3.31. The van der Waals surface area contributed by atoms with Gasteiger partial charge in [0.05, 0.1) is 0 Å². The number of allylic oxidation sites excluding steroid dienone is 2. The van der Waals surface area contributed by atoms with E-state index in [1.165, 1.54) is 18.4 Å². The third kappa shape index (κ3) is 3.53. The van der Waals surface area contributed by atoms with Crippen LogP contribution in [-0.2, 0) is 4.79 Å². The van der Waals surface area contributed by atoms with E-state index in [4.69, 9.17) is 0 Å². The molecule has 1 aliphatic carbocycles. The molecule has 0 aromatic carbocycles. The minimum atomic E-state index is 0.405. The van der Waals surface area contributed by atoms with Crippen LogP contribution in [0.5, 0.6) is 0 Å². The van der Waals surface area contributed by atoms with Crippen LogP contribution in [0.3, 0.4) is 0 Å². The molecule has 1 rings (SSSR count). The number of ketones is 1. The van der Waals surface area contributed by atoms with Gasteiger partial charge in [0.15, 0.2) is 0 Å². The van der Waals surface area contributed by atoms with Crippen LogP contribution in [0, 0.1) is 0 Å². The van der Waals surface area contributed by atoms with E-state index in [1.54, 1.807) is 0 Å². The Morgan fingerprint density at radius 3 is 2.92 bits per heavy atom. The molecule has 0 bridgehead atoms. The van der Waals surface area contributed by atoms with Crippen LogP contribution < -0.4 is 0 Å². The monoisotopic (exact) mass is 230 g/mol. The zero-order valence-electron chi connectivity index (χ0n) is 7.31. The highest BCUT2D eigenvalue weighted by molar-refractivity contribution is 9.09. The quantitative estimate of drug-likeness (QED) is 0.500. The highest BCUT2D eigenvalue weighted by Crippen LogP contribution is 2.15. The maximum absolute atomic E-state index is 11.3. The number of rotatable bonds is 1. The lowest BCUT2D eigenvalue weighted by molar-refractivity contribution is -0.118. The zero-order chi connectivity index (χ0) is 8.81. The Labute approximate surface area is 82.4 Å². The van der Waals surface area contributed by atoms with Gasteiger partial charge in [0.25, 0.3) is 0 Å². The van der Waals surface area contributed by atoms with Crippen molar-refractivity contribution >= 4 is 21.7 Å². The summed E-state index contributed by atoms with van der Waals surface area (Å²) in [6.45, 7) is 0. The fourth-order valence-corrected chi connectivity index (χ4v) is 1.89. The highest BCUT2D eigenvalue weighted by atomic mass is 79.9. The third-order valence-electron chi connectivity index (χ3n) is 2.19. The number of Topliss-reactive ketones (excluding diaryl/α,β-unsaturated/α-hetero) is 1. The van der Waals surface area contributed by atoms with Gasteiger partial charge in [-0.3, -0.25) is 4.79 Å². The Kier molecular flexibility index (Phi) is 4.59. The smallest absolute Gasteiger partial charge is 0.136 e. The molecule has 0 atom stereocenters. The molecule has 0 unspecified atom stereocenters. The van der Waals surface area contributed by atoms with Crippen molar-refractivity contribution in [3.8, 4) is 0 Å². The number of carbonyl (C=O) groups excluding carboxylic acids is 1. The number of alkyl halides is 1. The van der Waals surface area contributed by atoms with Crippen molar-refractivity contribution in [1.82, 2.24) is 0 Å². The summed E-state index contributed by atoms with van der Waals surface area (Å²) in [4.78, 5) is 11.3. The summed E-state index contributed by atoms with van der Waals surface area (Å²) in [7, 11) is 0. The molecule has 1 nitrogen and oxygen atoms in total. The zero-order valence-corrected chi connectivity index (χ0v) is 8.90. The molecule has 12 heavy (non-hydrogen) atoms. The Balaban J connectivity index is 2.52. The molecule has 0 spiro atoms. The lowest BCUT2D eigenvalue weighted by Crippen LogP contribution is -1.99. The normalized spacial score (nSPS) is 25.1. The number of hydrogen-bond acceptors (Lipinski definition) is 1. The average Bonchev–Trinajstić information content (AvgIpc) is 2.16. The van der Waals surface area contributed by atoms with Gasteiger partial charge in [0, 0.05) is 18.2 Å². The second kappa shape index (κ2) is 5.52. The van der Waals surface area contributed by atoms with E-state index in [9.17, 15) is 4.79 Å². The molecule has 68 valence electrons. The van der Waals surface area contributed by atoms with Crippen molar-refractivity contribution in [2.24, 2.45) is 0 Å². The van der Waals surface area contributed by atoms with Gasteiger partial charge in [-0.05, 0) is 19.3 Å². The van der Waals surface area contributed by atoms with Crippen molar-refractivity contribution in [3.05, 3.63) is 11.6 Å². The standard InChI is InChI=1S/C10H15BrO/c11-8-9-5-3-1-2-4-6-10(12)7-9/h5H,1-4,6-8H2/b9-5+. The Bertz CT molecular complexity index is 184. The minimum Gasteiger partial charge on any atom is -0.299 e. The van der Waals surface area contributed by atoms with E-state index in [2.05, 4.69) is 22.0 Å². The minimum absolute atomic E-state index is 0.405. The molecule has 2 heteroatoms. The lowest BCUT2D eigenvalue weighted by atomic mass is 10.1. The summed E-state index contributed by atoms with van der Waals surface area (Å²) in [6.07, 6.45) is 8.35. The van der Waals surface area contributed by atoms with Gasteiger partial charge >= 0.3 is 0 Å². The molecule has 0 N–H and O–H groups in total. The molecule has 1 aliphatic rings. The van der Waals surface area contributed by atoms with Gasteiger partial charge in [-0.25, -0.2) is 0 Å². The number of halogens is 1. The molecule has 0 amide bonds. The van der Waals surface area contributed by atoms with Crippen LogP contribution in [0.25, 0.3) is 0 Å². The second-order valence-corrected chi connectivity index (χ2v) is 3.87. The van der Waals surface area contributed by atoms with Crippen LogP contribution >= 0.6 is 15.9 Å². The van der Waals surface area contributed by atoms with Crippen molar-refractivity contribution in [3.63, 3.8) is 0 Å². The number of carbonyl (C=O) groups is 1.